The minimum atomic E-state index is 1.10. The molecular formula is C18H20O. The van der Waals surface area contributed by atoms with E-state index in [2.05, 4.69) is 66.0 Å². The molecule has 0 aliphatic heterocycles. The highest BCUT2D eigenvalue weighted by Crippen LogP contribution is 2.25. The number of hydrogen-bond acceptors (Lipinski definition) is 1. The molecule has 0 amide bonds. The van der Waals surface area contributed by atoms with Crippen LogP contribution in [0.1, 0.15) is 18.1 Å². The highest BCUT2D eigenvalue weighted by molar-refractivity contribution is 5.73. The molecule has 0 N–H and O–H groups in total. The summed E-state index contributed by atoms with van der Waals surface area (Å²) < 4.78 is 4.25. The molecule has 2 aromatic carbocycles. The molecule has 2 aromatic rings. The van der Waals surface area contributed by atoms with Gasteiger partial charge in [-0.3, -0.25) is 0 Å². The zero-order valence-corrected chi connectivity index (χ0v) is 12.0. The van der Waals surface area contributed by atoms with Crippen LogP contribution in [0.15, 0.2) is 48.5 Å². The first kappa shape index (κ1) is 15.0. The number of rotatable bonds is 1. The predicted octanol–water partition coefficient (Wildman–Crippen LogP) is 4.30. The fourth-order valence-electron chi connectivity index (χ4n) is 1.84. The number of benzene rings is 2. The van der Waals surface area contributed by atoms with Gasteiger partial charge in [0.25, 0.3) is 0 Å². The Labute approximate surface area is 116 Å². The van der Waals surface area contributed by atoms with Gasteiger partial charge < -0.3 is 4.74 Å². The lowest BCUT2D eigenvalue weighted by Crippen LogP contribution is -1.86. The molecule has 1 heteroatoms. The molecule has 0 aliphatic rings. The van der Waals surface area contributed by atoms with E-state index in [-0.39, 0.29) is 0 Å². The molecule has 0 fully saturated rings. The Bertz CT molecular complexity index is 573. The molecule has 0 aromatic heterocycles. The zero-order valence-electron chi connectivity index (χ0n) is 12.0. The quantitative estimate of drug-likeness (QED) is 0.688. The SMILES string of the molecule is CC#Cc1ccccc1-c1ccccc1C.COC. The van der Waals surface area contributed by atoms with Crippen molar-refractivity contribution in [3.8, 4) is 23.0 Å². The summed E-state index contributed by atoms with van der Waals surface area (Å²) in [5, 5.41) is 0. The monoisotopic (exact) mass is 252 g/mol. The van der Waals surface area contributed by atoms with Gasteiger partial charge in [-0.15, -0.1) is 5.92 Å². The van der Waals surface area contributed by atoms with Crippen molar-refractivity contribution in [3.05, 3.63) is 59.7 Å². The van der Waals surface area contributed by atoms with Crippen molar-refractivity contribution in [1.82, 2.24) is 0 Å². The van der Waals surface area contributed by atoms with Crippen molar-refractivity contribution in [1.29, 1.82) is 0 Å². The van der Waals surface area contributed by atoms with Gasteiger partial charge in [0.15, 0.2) is 0 Å². The highest BCUT2D eigenvalue weighted by atomic mass is 16.4. The summed E-state index contributed by atoms with van der Waals surface area (Å²) in [6.07, 6.45) is 0. The van der Waals surface area contributed by atoms with E-state index < -0.39 is 0 Å². The average Bonchev–Trinajstić information content (AvgIpc) is 2.42. The number of aryl methyl sites for hydroxylation is 1. The minimum Gasteiger partial charge on any atom is -0.388 e. The van der Waals surface area contributed by atoms with Crippen LogP contribution in [0.4, 0.5) is 0 Å². The molecule has 0 radical (unpaired) electrons. The molecule has 0 bridgehead atoms. The highest BCUT2D eigenvalue weighted by Gasteiger charge is 2.04. The molecule has 0 spiro atoms. The van der Waals surface area contributed by atoms with E-state index in [0.29, 0.717) is 0 Å². The van der Waals surface area contributed by atoms with Crippen LogP contribution in [0.3, 0.4) is 0 Å². The Morgan fingerprint density at radius 3 is 1.95 bits per heavy atom. The van der Waals surface area contributed by atoms with Crippen LogP contribution in [0, 0.1) is 18.8 Å². The maximum Gasteiger partial charge on any atom is 0.0351 e. The summed E-state index contributed by atoms with van der Waals surface area (Å²) in [5.41, 5.74) is 4.86. The second-order valence-corrected chi connectivity index (χ2v) is 4.14. The van der Waals surface area contributed by atoms with Gasteiger partial charge >= 0.3 is 0 Å². The van der Waals surface area contributed by atoms with E-state index in [9.17, 15) is 0 Å². The van der Waals surface area contributed by atoms with Crippen LogP contribution < -0.4 is 0 Å². The lowest BCUT2D eigenvalue weighted by atomic mass is 9.96. The maximum atomic E-state index is 4.25. The van der Waals surface area contributed by atoms with Gasteiger partial charge in [0.1, 0.15) is 0 Å². The van der Waals surface area contributed by atoms with Crippen molar-refractivity contribution in [3.63, 3.8) is 0 Å². The predicted molar refractivity (Wildman–Crippen MR) is 82.1 cm³/mol. The molecule has 0 unspecified atom stereocenters. The molecule has 1 nitrogen and oxygen atoms in total. The minimum absolute atomic E-state index is 1.10. The molecular weight excluding hydrogens is 232 g/mol. The topological polar surface area (TPSA) is 9.23 Å². The first-order valence-electron chi connectivity index (χ1n) is 6.22. The lowest BCUT2D eigenvalue weighted by Gasteiger charge is -2.07. The fourth-order valence-corrected chi connectivity index (χ4v) is 1.84. The third-order valence-electron chi connectivity index (χ3n) is 2.62. The summed E-state index contributed by atoms with van der Waals surface area (Å²) >= 11 is 0. The summed E-state index contributed by atoms with van der Waals surface area (Å²) in [6, 6.07) is 16.7. The van der Waals surface area contributed by atoms with Crippen LogP contribution in [-0.4, -0.2) is 14.2 Å². The van der Waals surface area contributed by atoms with Gasteiger partial charge in [0, 0.05) is 19.8 Å². The van der Waals surface area contributed by atoms with Gasteiger partial charge in [0.2, 0.25) is 0 Å². The molecule has 98 valence electrons. The Morgan fingerprint density at radius 1 is 0.842 bits per heavy atom. The Hall–Kier alpha value is -2.04. The van der Waals surface area contributed by atoms with Crippen molar-refractivity contribution in [2.24, 2.45) is 0 Å². The van der Waals surface area contributed by atoms with Gasteiger partial charge in [0.05, 0.1) is 0 Å². The summed E-state index contributed by atoms with van der Waals surface area (Å²) in [5.74, 6) is 6.12. The Morgan fingerprint density at radius 2 is 1.37 bits per heavy atom. The molecule has 0 aliphatic carbocycles. The first-order chi connectivity index (χ1) is 9.24. The molecule has 19 heavy (non-hydrogen) atoms. The largest absolute Gasteiger partial charge is 0.388 e. The number of hydrogen-bond donors (Lipinski definition) is 0. The third-order valence-corrected chi connectivity index (χ3v) is 2.62. The van der Waals surface area contributed by atoms with E-state index in [4.69, 9.17) is 0 Å². The van der Waals surface area contributed by atoms with Gasteiger partial charge in [-0.2, -0.15) is 0 Å². The third kappa shape index (κ3) is 4.28. The van der Waals surface area contributed by atoms with Gasteiger partial charge in [-0.1, -0.05) is 48.4 Å². The van der Waals surface area contributed by atoms with E-state index in [0.717, 1.165) is 5.56 Å². The van der Waals surface area contributed by atoms with Crippen LogP contribution in [-0.2, 0) is 4.74 Å². The van der Waals surface area contributed by atoms with E-state index in [1.165, 1.54) is 16.7 Å². The fraction of sp³-hybridized carbons (Fsp3) is 0.222. The van der Waals surface area contributed by atoms with E-state index in [1.807, 2.05) is 13.0 Å². The second kappa shape index (κ2) is 8.13. The van der Waals surface area contributed by atoms with Crippen LogP contribution in [0.25, 0.3) is 11.1 Å². The van der Waals surface area contributed by atoms with Crippen LogP contribution >= 0.6 is 0 Å². The zero-order chi connectivity index (χ0) is 14.1. The summed E-state index contributed by atoms with van der Waals surface area (Å²) in [7, 11) is 3.25. The smallest absolute Gasteiger partial charge is 0.0351 e. The van der Waals surface area contributed by atoms with Crippen LogP contribution in [0.5, 0.6) is 0 Å². The second-order valence-electron chi connectivity index (χ2n) is 4.14. The number of methoxy groups -OCH3 is 1. The van der Waals surface area contributed by atoms with Crippen molar-refractivity contribution < 1.29 is 4.74 Å². The standard InChI is InChI=1S/C16H14.C2H6O/c1-3-8-14-10-5-7-12-16(14)15-11-6-4-9-13(15)2;1-3-2/h4-7,9-12H,1-2H3;1-2H3. The first-order valence-corrected chi connectivity index (χ1v) is 6.22. The van der Waals surface area contributed by atoms with Crippen LogP contribution in [0.2, 0.25) is 0 Å². The van der Waals surface area contributed by atoms with Gasteiger partial charge in [-0.05, 0) is 36.6 Å². The van der Waals surface area contributed by atoms with E-state index >= 15 is 0 Å². The van der Waals surface area contributed by atoms with Crippen molar-refractivity contribution in [2.45, 2.75) is 13.8 Å². The van der Waals surface area contributed by atoms with Crippen molar-refractivity contribution in [2.75, 3.05) is 14.2 Å². The normalized spacial score (nSPS) is 8.84. The Kier molecular flexibility index (Phi) is 6.43. The average molecular weight is 252 g/mol. The number of ether oxygens (including phenoxy) is 1. The molecule has 0 saturated heterocycles. The summed E-state index contributed by atoms with van der Waals surface area (Å²) in [4.78, 5) is 0. The van der Waals surface area contributed by atoms with Crippen molar-refractivity contribution >= 4 is 0 Å². The summed E-state index contributed by atoms with van der Waals surface area (Å²) in [6.45, 7) is 4.00. The maximum absolute atomic E-state index is 4.25. The Balaban J connectivity index is 0.000000550. The molecule has 2 rings (SSSR count). The molecule has 0 heterocycles. The lowest BCUT2D eigenvalue weighted by molar-refractivity contribution is 0.277. The molecule has 0 saturated carbocycles. The molecule has 0 atom stereocenters. The van der Waals surface area contributed by atoms with Gasteiger partial charge in [-0.25, -0.2) is 0 Å². The van der Waals surface area contributed by atoms with E-state index in [1.54, 1.807) is 14.2 Å².